The minimum absolute atomic E-state index is 0.655. The molecule has 1 aliphatic heterocycles. The quantitative estimate of drug-likeness (QED) is 0.837. The van der Waals surface area contributed by atoms with Crippen molar-refractivity contribution in [1.29, 1.82) is 0 Å². The average molecular weight is 248 g/mol. The maximum Gasteiger partial charge on any atom is 0.222 e. The molecule has 1 saturated heterocycles. The Morgan fingerprint density at radius 2 is 1.94 bits per heavy atom. The van der Waals surface area contributed by atoms with Gasteiger partial charge in [0.1, 0.15) is 0 Å². The molecular formula is C14H24N4. The predicted molar refractivity (Wildman–Crippen MR) is 74.7 cm³/mol. The van der Waals surface area contributed by atoms with Gasteiger partial charge in [0.15, 0.2) is 0 Å². The molecule has 0 spiro atoms. The Morgan fingerprint density at radius 1 is 1.28 bits per heavy atom. The Hall–Kier alpha value is -1.16. The van der Waals surface area contributed by atoms with Crippen molar-refractivity contribution < 1.29 is 0 Å². The second-order valence-electron chi connectivity index (χ2n) is 5.59. The molecule has 18 heavy (non-hydrogen) atoms. The summed E-state index contributed by atoms with van der Waals surface area (Å²) in [4.78, 5) is 8.76. The van der Waals surface area contributed by atoms with Gasteiger partial charge in [0.25, 0.3) is 0 Å². The fourth-order valence-corrected chi connectivity index (χ4v) is 2.34. The van der Waals surface area contributed by atoms with E-state index in [-0.39, 0.29) is 0 Å². The van der Waals surface area contributed by atoms with Crippen LogP contribution in [0.15, 0.2) is 12.4 Å². The summed E-state index contributed by atoms with van der Waals surface area (Å²) >= 11 is 0. The van der Waals surface area contributed by atoms with E-state index < -0.39 is 0 Å². The van der Waals surface area contributed by atoms with Crippen LogP contribution in [0.5, 0.6) is 0 Å². The lowest BCUT2D eigenvalue weighted by Gasteiger charge is -2.22. The van der Waals surface area contributed by atoms with Crippen LogP contribution >= 0.6 is 0 Å². The Labute approximate surface area is 110 Å². The number of nitrogens with one attached hydrogen (secondary N) is 2. The first-order valence-electron chi connectivity index (χ1n) is 6.99. The molecule has 2 rings (SSSR count). The van der Waals surface area contributed by atoms with Crippen molar-refractivity contribution in [2.24, 2.45) is 11.8 Å². The van der Waals surface area contributed by atoms with Crippen molar-refractivity contribution in [3.05, 3.63) is 18.0 Å². The summed E-state index contributed by atoms with van der Waals surface area (Å²) in [5.74, 6) is 2.17. The van der Waals surface area contributed by atoms with E-state index in [0.717, 1.165) is 37.9 Å². The lowest BCUT2D eigenvalue weighted by atomic mass is 9.98. The molecule has 2 heterocycles. The van der Waals surface area contributed by atoms with E-state index in [1.807, 2.05) is 12.4 Å². The highest BCUT2D eigenvalue weighted by Gasteiger charge is 2.12. The molecule has 1 aromatic heterocycles. The topological polar surface area (TPSA) is 49.8 Å². The van der Waals surface area contributed by atoms with Crippen molar-refractivity contribution in [3.63, 3.8) is 0 Å². The van der Waals surface area contributed by atoms with Gasteiger partial charge < -0.3 is 10.6 Å². The maximum absolute atomic E-state index is 4.38. The van der Waals surface area contributed by atoms with Crippen LogP contribution < -0.4 is 10.6 Å². The monoisotopic (exact) mass is 248 g/mol. The SMILES string of the molecule is CC(C)Cc1cnc(NCC2CCNCC2)nc1. The lowest BCUT2D eigenvalue weighted by Crippen LogP contribution is -2.31. The third kappa shape index (κ3) is 4.26. The van der Waals surface area contributed by atoms with Crippen molar-refractivity contribution in [3.8, 4) is 0 Å². The van der Waals surface area contributed by atoms with Gasteiger partial charge in [-0.3, -0.25) is 0 Å². The first kappa shape index (κ1) is 13.3. The van der Waals surface area contributed by atoms with Crippen molar-refractivity contribution in [2.45, 2.75) is 33.1 Å². The summed E-state index contributed by atoms with van der Waals surface area (Å²) < 4.78 is 0. The van der Waals surface area contributed by atoms with Gasteiger partial charge in [-0.2, -0.15) is 0 Å². The Kier molecular flexibility index (Phi) is 4.93. The summed E-state index contributed by atoms with van der Waals surface area (Å²) in [6, 6.07) is 0. The Morgan fingerprint density at radius 3 is 2.56 bits per heavy atom. The van der Waals surface area contributed by atoms with Crippen LogP contribution in [0.4, 0.5) is 5.95 Å². The van der Waals surface area contributed by atoms with Gasteiger partial charge in [0.2, 0.25) is 5.95 Å². The molecule has 0 aromatic carbocycles. The summed E-state index contributed by atoms with van der Waals surface area (Å²) in [6.45, 7) is 7.69. The Bertz CT molecular complexity index is 341. The van der Waals surface area contributed by atoms with Crippen LogP contribution in [-0.4, -0.2) is 29.6 Å². The third-order valence-corrected chi connectivity index (χ3v) is 3.36. The second kappa shape index (κ2) is 6.69. The molecule has 0 aliphatic carbocycles. The first-order valence-corrected chi connectivity index (χ1v) is 6.99. The zero-order valence-electron chi connectivity index (χ0n) is 11.4. The molecule has 1 aliphatic rings. The van der Waals surface area contributed by atoms with Crippen LogP contribution in [0.2, 0.25) is 0 Å². The molecule has 4 nitrogen and oxygen atoms in total. The molecule has 0 bridgehead atoms. The van der Waals surface area contributed by atoms with E-state index in [0.29, 0.717) is 5.92 Å². The number of rotatable bonds is 5. The summed E-state index contributed by atoms with van der Waals surface area (Å²) in [5.41, 5.74) is 1.22. The molecule has 1 fully saturated rings. The predicted octanol–water partition coefficient (Wildman–Crippen LogP) is 2.09. The fourth-order valence-electron chi connectivity index (χ4n) is 2.34. The molecule has 2 N–H and O–H groups in total. The van der Waals surface area contributed by atoms with Crippen molar-refractivity contribution >= 4 is 5.95 Å². The van der Waals surface area contributed by atoms with Gasteiger partial charge >= 0.3 is 0 Å². The minimum Gasteiger partial charge on any atom is -0.354 e. The van der Waals surface area contributed by atoms with Crippen molar-refractivity contribution in [1.82, 2.24) is 15.3 Å². The van der Waals surface area contributed by atoms with E-state index in [4.69, 9.17) is 0 Å². The number of hydrogen-bond acceptors (Lipinski definition) is 4. The number of anilines is 1. The highest BCUT2D eigenvalue weighted by molar-refractivity contribution is 5.24. The van der Waals surface area contributed by atoms with Crippen LogP contribution in [0, 0.1) is 11.8 Å². The first-order chi connectivity index (χ1) is 8.74. The maximum atomic E-state index is 4.38. The molecule has 0 unspecified atom stereocenters. The molecule has 0 amide bonds. The molecule has 0 radical (unpaired) electrons. The zero-order valence-corrected chi connectivity index (χ0v) is 11.4. The second-order valence-corrected chi connectivity index (χ2v) is 5.59. The highest BCUT2D eigenvalue weighted by Crippen LogP contribution is 2.12. The third-order valence-electron chi connectivity index (χ3n) is 3.36. The van der Waals surface area contributed by atoms with Crippen LogP contribution in [0.25, 0.3) is 0 Å². The average Bonchev–Trinajstić information content (AvgIpc) is 2.38. The summed E-state index contributed by atoms with van der Waals surface area (Å²) in [6.07, 6.45) is 7.43. The van der Waals surface area contributed by atoms with E-state index in [1.54, 1.807) is 0 Å². The summed E-state index contributed by atoms with van der Waals surface area (Å²) in [5, 5.41) is 6.72. The van der Waals surface area contributed by atoms with Crippen LogP contribution in [0.1, 0.15) is 32.3 Å². The molecule has 4 heteroatoms. The zero-order chi connectivity index (χ0) is 12.8. The van der Waals surface area contributed by atoms with Gasteiger partial charge in [-0.25, -0.2) is 9.97 Å². The Balaban J connectivity index is 1.78. The molecule has 0 atom stereocenters. The van der Waals surface area contributed by atoms with Gasteiger partial charge in [0.05, 0.1) is 0 Å². The van der Waals surface area contributed by atoms with Crippen LogP contribution in [0.3, 0.4) is 0 Å². The standard InChI is InChI=1S/C14H24N4/c1-11(2)7-13-9-17-14(18-10-13)16-8-12-3-5-15-6-4-12/h9-12,15H,3-8H2,1-2H3,(H,16,17,18). The highest BCUT2D eigenvalue weighted by atomic mass is 15.1. The summed E-state index contributed by atoms with van der Waals surface area (Å²) in [7, 11) is 0. The normalized spacial score (nSPS) is 17.1. The van der Waals surface area contributed by atoms with E-state index >= 15 is 0 Å². The van der Waals surface area contributed by atoms with Gasteiger partial charge in [0, 0.05) is 18.9 Å². The minimum atomic E-state index is 0.655. The number of nitrogens with zero attached hydrogens (tertiary/aromatic N) is 2. The molecule has 1 aromatic rings. The number of hydrogen-bond donors (Lipinski definition) is 2. The molecule has 0 saturated carbocycles. The van der Waals surface area contributed by atoms with Crippen molar-refractivity contribution in [2.75, 3.05) is 25.0 Å². The number of piperidine rings is 1. The molecular weight excluding hydrogens is 224 g/mol. The van der Waals surface area contributed by atoms with E-state index in [2.05, 4.69) is 34.4 Å². The van der Waals surface area contributed by atoms with Gasteiger partial charge in [-0.15, -0.1) is 0 Å². The number of aromatic nitrogens is 2. The molecule has 100 valence electrons. The largest absolute Gasteiger partial charge is 0.354 e. The smallest absolute Gasteiger partial charge is 0.222 e. The lowest BCUT2D eigenvalue weighted by molar-refractivity contribution is 0.389. The van der Waals surface area contributed by atoms with Gasteiger partial charge in [-0.05, 0) is 49.8 Å². The van der Waals surface area contributed by atoms with E-state index in [1.165, 1.54) is 18.4 Å². The van der Waals surface area contributed by atoms with Gasteiger partial charge in [-0.1, -0.05) is 13.8 Å². The van der Waals surface area contributed by atoms with E-state index in [9.17, 15) is 0 Å². The van der Waals surface area contributed by atoms with Crippen LogP contribution in [-0.2, 0) is 6.42 Å². The fraction of sp³-hybridized carbons (Fsp3) is 0.714.